The van der Waals surface area contributed by atoms with E-state index in [9.17, 15) is 0 Å². The van der Waals surface area contributed by atoms with E-state index in [1.54, 1.807) is 0 Å². The first-order valence-corrected chi connectivity index (χ1v) is 7.96. The van der Waals surface area contributed by atoms with Gasteiger partial charge >= 0.3 is 0 Å². The third-order valence-electron chi connectivity index (χ3n) is 3.55. The van der Waals surface area contributed by atoms with Gasteiger partial charge in [-0.25, -0.2) is 0 Å². The molecule has 1 fully saturated rings. The number of hydrogen-bond acceptors (Lipinski definition) is 2. The topological polar surface area (TPSA) is 18.5 Å². The number of ether oxygens (including phenoxy) is 2. The van der Waals surface area contributed by atoms with Gasteiger partial charge in [0.15, 0.2) is 5.79 Å². The molecule has 0 aliphatic heterocycles. The Balaban J connectivity index is 2.73. The summed E-state index contributed by atoms with van der Waals surface area (Å²) in [5, 5.41) is 0. The minimum atomic E-state index is -0.374. The first-order valence-electron chi connectivity index (χ1n) is 7.96. The minimum Gasteiger partial charge on any atom is -0.344 e. The zero-order valence-electron chi connectivity index (χ0n) is 14.1. The summed E-state index contributed by atoms with van der Waals surface area (Å²) < 4.78 is 12.7. The molecular formula is C17H34O2. The Labute approximate surface area is 120 Å². The maximum atomic E-state index is 6.35. The molecule has 0 bridgehead atoms. The Bertz CT molecular complexity index is 244. The van der Waals surface area contributed by atoms with Gasteiger partial charge < -0.3 is 9.47 Å². The molecule has 0 radical (unpaired) electrons. The van der Waals surface area contributed by atoms with Gasteiger partial charge in [0, 0.05) is 12.8 Å². The smallest absolute Gasteiger partial charge is 0.169 e. The van der Waals surface area contributed by atoms with Crippen molar-refractivity contribution in [2.75, 3.05) is 0 Å². The Hall–Kier alpha value is -0.0800. The summed E-state index contributed by atoms with van der Waals surface area (Å²) in [5.41, 5.74) is -0.300. The van der Waals surface area contributed by atoms with Crippen molar-refractivity contribution in [1.82, 2.24) is 0 Å². The van der Waals surface area contributed by atoms with Gasteiger partial charge in [0.25, 0.3) is 0 Å². The van der Waals surface area contributed by atoms with Gasteiger partial charge in [-0.3, -0.25) is 0 Å². The molecule has 1 saturated carbocycles. The van der Waals surface area contributed by atoms with Crippen LogP contribution >= 0.6 is 0 Å². The van der Waals surface area contributed by atoms with Gasteiger partial charge in [0.2, 0.25) is 0 Å². The molecule has 1 aliphatic carbocycles. The molecule has 0 atom stereocenters. The van der Waals surface area contributed by atoms with E-state index in [0.717, 1.165) is 18.8 Å². The average Bonchev–Trinajstić information content (AvgIpc) is 2.16. The van der Waals surface area contributed by atoms with E-state index in [-0.39, 0.29) is 17.0 Å². The van der Waals surface area contributed by atoms with E-state index in [1.165, 1.54) is 25.7 Å². The zero-order valence-corrected chi connectivity index (χ0v) is 14.1. The van der Waals surface area contributed by atoms with Gasteiger partial charge in [-0.1, -0.05) is 19.8 Å². The number of hydrogen-bond donors (Lipinski definition) is 0. The fourth-order valence-corrected chi connectivity index (χ4v) is 3.16. The second-order valence-corrected chi connectivity index (χ2v) is 8.07. The van der Waals surface area contributed by atoms with Crippen molar-refractivity contribution in [3.8, 4) is 0 Å². The summed E-state index contributed by atoms with van der Waals surface area (Å²) in [6, 6.07) is 0. The largest absolute Gasteiger partial charge is 0.344 e. The summed E-state index contributed by atoms with van der Waals surface area (Å²) >= 11 is 0. The normalized spacial score (nSPS) is 21.6. The Morgan fingerprint density at radius 1 is 0.895 bits per heavy atom. The summed E-state index contributed by atoms with van der Waals surface area (Å²) in [6.07, 6.45) is 7.18. The molecule has 0 spiro atoms. The highest BCUT2D eigenvalue weighted by molar-refractivity contribution is 4.84. The molecule has 0 aromatic heterocycles. The summed E-state index contributed by atoms with van der Waals surface area (Å²) in [7, 11) is 0. The molecule has 0 N–H and O–H groups in total. The van der Waals surface area contributed by atoms with Crippen LogP contribution in [0.2, 0.25) is 0 Å². The minimum absolute atomic E-state index is 0.150. The number of rotatable bonds is 4. The maximum Gasteiger partial charge on any atom is 0.169 e. The summed E-state index contributed by atoms with van der Waals surface area (Å²) in [5.74, 6) is 0.492. The molecule has 0 saturated heterocycles. The van der Waals surface area contributed by atoms with E-state index in [0.29, 0.717) is 0 Å². The molecule has 0 aromatic carbocycles. The van der Waals surface area contributed by atoms with E-state index < -0.39 is 0 Å². The lowest BCUT2D eigenvalue weighted by molar-refractivity contribution is -0.324. The van der Waals surface area contributed by atoms with Crippen molar-refractivity contribution in [2.24, 2.45) is 5.92 Å². The van der Waals surface area contributed by atoms with Crippen LogP contribution in [0.3, 0.4) is 0 Å². The Morgan fingerprint density at radius 2 is 1.32 bits per heavy atom. The van der Waals surface area contributed by atoms with Gasteiger partial charge in [0.05, 0.1) is 11.2 Å². The van der Waals surface area contributed by atoms with Crippen LogP contribution in [0.25, 0.3) is 0 Å². The summed E-state index contributed by atoms with van der Waals surface area (Å²) in [6.45, 7) is 15.0. The van der Waals surface area contributed by atoms with Gasteiger partial charge in [-0.05, 0) is 60.3 Å². The molecule has 0 unspecified atom stereocenters. The van der Waals surface area contributed by atoms with Crippen LogP contribution < -0.4 is 0 Å². The van der Waals surface area contributed by atoms with Crippen LogP contribution in [0.5, 0.6) is 0 Å². The first-order chi connectivity index (χ1) is 8.55. The predicted molar refractivity (Wildman–Crippen MR) is 81.3 cm³/mol. The maximum absolute atomic E-state index is 6.35. The molecule has 1 aliphatic rings. The molecule has 1 rings (SSSR count). The van der Waals surface area contributed by atoms with Crippen LogP contribution in [0, 0.1) is 5.92 Å². The van der Waals surface area contributed by atoms with Crippen LogP contribution in [0.1, 0.15) is 87.0 Å². The standard InChI is InChI=1S/C17H34O2/c1-8-9-14-10-12-17(13-11-14,18-15(2,3)4)19-16(5,6)7/h14H,8-13H2,1-7H3. The zero-order chi connectivity index (χ0) is 14.7. The fraction of sp³-hybridized carbons (Fsp3) is 1.00. The highest BCUT2D eigenvalue weighted by Gasteiger charge is 2.42. The Kier molecular flexibility index (Phi) is 5.48. The predicted octanol–water partition coefficient (Wildman–Crippen LogP) is 5.30. The molecule has 0 heterocycles. The molecule has 0 amide bonds. The second kappa shape index (κ2) is 6.13. The fourth-order valence-electron chi connectivity index (χ4n) is 3.16. The first kappa shape index (κ1) is 17.0. The van der Waals surface area contributed by atoms with Crippen LogP contribution in [0.15, 0.2) is 0 Å². The third-order valence-corrected chi connectivity index (χ3v) is 3.55. The average molecular weight is 270 g/mol. The molecule has 0 aromatic rings. The molecular weight excluding hydrogens is 236 g/mol. The lowest BCUT2D eigenvalue weighted by atomic mass is 9.82. The van der Waals surface area contributed by atoms with Crippen LogP contribution in [0.4, 0.5) is 0 Å². The molecule has 19 heavy (non-hydrogen) atoms. The van der Waals surface area contributed by atoms with Gasteiger partial charge in [0.1, 0.15) is 0 Å². The van der Waals surface area contributed by atoms with E-state index >= 15 is 0 Å². The van der Waals surface area contributed by atoms with Crippen molar-refractivity contribution in [3.63, 3.8) is 0 Å². The van der Waals surface area contributed by atoms with E-state index in [2.05, 4.69) is 48.5 Å². The third kappa shape index (κ3) is 6.27. The van der Waals surface area contributed by atoms with Gasteiger partial charge in [-0.2, -0.15) is 0 Å². The summed E-state index contributed by atoms with van der Waals surface area (Å²) in [4.78, 5) is 0. The quantitative estimate of drug-likeness (QED) is 0.645. The second-order valence-electron chi connectivity index (χ2n) is 8.07. The SMILES string of the molecule is CCCC1CCC(OC(C)(C)C)(OC(C)(C)C)CC1. The monoisotopic (exact) mass is 270 g/mol. The van der Waals surface area contributed by atoms with Crippen LogP contribution in [-0.2, 0) is 9.47 Å². The van der Waals surface area contributed by atoms with Crippen molar-refractivity contribution >= 4 is 0 Å². The van der Waals surface area contributed by atoms with Crippen molar-refractivity contribution in [2.45, 2.75) is 104 Å². The lowest BCUT2D eigenvalue weighted by Gasteiger charge is -2.46. The van der Waals surface area contributed by atoms with Crippen molar-refractivity contribution in [1.29, 1.82) is 0 Å². The Morgan fingerprint density at radius 3 is 1.63 bits per heavy atom. The van der Waals surface area contributed by atoms with Crippen molar-refractivity contribution in [3.05, 3.63) is 0 Å². The highest BCUT2D eigenvalue weighted by atomic mass is 16.7. The molecule has 2 heteroatoms. The van der Waals surface area contributed by atoms with Crippen molar-refractivity contribution < 1.29 is 9.47 Å². The van der Waals surface area contributed by atoms with Gasteiger partial charge in [-0.15, -0.1) is 0 Å². The highest BCUT2D eigenvalue weighted by Crippen LogP contribution is 2.42. The van der Waals surface area contributed by atoms with E-state index in [1.807, 2.05) is 0 Å². The van der Waals surface area contributed by atoms with Crippen LogP contribution in [-0.4, -0.2) is 17.0 Å². The van der Waals surface area contributed by atoms with E-state index in [4.69, 9.17) is 9.47 Å². The molecule has 2 nitrogen and oxygen atoms in total. The lowest BCUT2D eigenvalue weighted by Crippen LogP contribution is -2.49. The molecule has 114 valence electrons.